The van der Waals surface area contributed by atoms with Crippen molar-refractivity contribution >= 4 is 11.6 Å². The molecule has 1 atom stereocenters. The maximum Gasteiger partial charge on any atom is 0.257 e. The van der Waals surface area contributed by atoms with Crippen molar-refractivity contribution in [1.82, 2.24) is 9.91 Å². The molecule has 1 saturated heterocycles. The number of hydrazone groups is 1. The van der Waals surface area contributed by atoms with E-state index in [1.165, 1.54) is 36.0 Å². The van der Waals surface area contributed by atoms with Gasteiger partial charge in [-0.25, -0.2) is 5.01 Å². The molecule has 2 aromatic carbocycles. The van der Waals surface area contributed by atoms with Gasteiger partial charge in [-0.2, -0.15) is 5.10 Å². The van der Waals surface area contributed by atoms with Gasteiger partial charge in [-0.15, -0.1) is 0 Å². The van der Waals surface area contributed by atoms with Crippen molar-refractivity contribution in [2.45, 2.75) is 52.5 Å². The molecule has 4 rings (SSSR count). The Hall–Kier alpha value is -2.46. The summed E-state index contributed by atoms with van der Waals surface area (Å²) in [4.78, 5) is 15.5. The molecule has 0 bridgehead atoms. The first-order chi connectivity index (χ1) is 14.0. The van der Waals surface area contributed by atoms with E-state index in [0.29, 0.717) is 6.54 Å². The van der Waals surface area contributed by atoms with Gasteiger partial charge in [-0.3, -0.25) is 9.69 Å². The number of amides is 1. The van der Waals surface area contributed by atoms with E-state index in [2.05, 4.69) is 68.1 Å². The normalized spacial score (nSPS) is 20.0. The lowest BCUT2D eigenvalue weighted by Gasteiger charge is -2.29. The average Bonchev–Trinajstić information content (AvgIpc) is 3.14. The van der Waals surface area contributed by atoms with Crippen LogP contribution in [0, 0.1) is 20.8 Å². The Balaban J connectivity index is 1.63. The molecule has 1 amide bonds. The van der Waals surface area contributed by atoms with Gasteiger partial charge in [-0.1, -0.05) is 60.0 Å². The predicted molar refractivity (Wildman–Crippen MR) is 118 cm³/mol. The van der Waals surface area contributed by atoms with Crippen molar-refractivity contribution in [3.8, 4) is 0 Å². The number of nitrogens with zero attached hydrogens (tertiary/aromatic N) is 3. The molecule has 2 heterocycles. The molecule has 4 heteroatoms. The molecular weight excluding hydrogens is 358 g/mol. The van der Waals surface area contributed by atoms with Crippen LogP contribution < -0.4 is 0 Å². The fraction of sp³-hybridized carbons (Fsp3) is 0.440. The number of benzene rings is 2. The number of piperidine rings is 1. The average molecular weight is 390 g/mol. The summed E-state index contributed by atoms with van der Waals surface area (Å²) in [5, 5.41) is 6.63. The maximum atomic E-state index is 13.3. The van der Waals surface area contributed by atoms with Gasteiger partial charge < -0.3 is 0 Å². The highest BCUT2D eigenvalue weighted by Crippen LogP contribution is 2.34. The summed E-state index contributed by atoms with van der Waals surface area (Å²) < 4.78 is 0. The SMILES string of the molecule is Cc1ccc([C@H]2CC(c3ccc(C)cc3C)=NN2C(=O)CN2CCCCC2)cc1. The Kier molecular flexibility index (Phi) is 5.81. The fourth-order valence-electron chi connectivity index (χ4n) is 4.47. The minimum Gasteiger partial charge on any atom is -0.294 e. The zero-order valence-corrected chi connectivity index (χ0v) is 17.8. The van der Waals surface area contributed by atoms with E-state index < -0.39 is 0 Å². The van der Waals surface area contributed by atoms with Gasteiger partial charge in [0.05, 0.1) is 18.3 Å². The van der Waals surface area contributed by atoms with Crippen molar-refractivity contribution in [1.29, 1.82) is 0 Å². The first kappa shape index (κ1) is 19.8. The Morgan fingerprint density at radius 2 is 1.66 bits per heavy atom. The van der Waals surface area contributed by atoms with Crippen LogP contribution >= 0.6 is 0 Å². The molecule has 2 aromatic rings. The second-order valence-electron chi connectivity index (χ2n) is 8.57. The van der Waals surface area contributed by atoms with Gasteiger partial charge >= 0.3 is 0 Å². The van der Waals surface area contributed by atoms with E-state index in [0.717, 1.165) is 36.3 Å². The predicted octanol–water partition coefficient (Wildman–Crippen LogP) is 4.78. The largest absolute Gasteiger partial charge is 0.294 e. The highest BCUT2D eigenvalue weighted by Gasteiger charge is 2.34. The summed E-state index contributed by atoms with van der Waals surface area (Å²) in [6, 6.07) is 15.0. The first-order valence-corrected chi connectivity index (χ1v) is 10.8. The first-order valence-electron chi connectivity index (χ1n) is 10.8. The second kappa shape index (κ2) is 8.50. The van der Waals surface area contributed by atoms with Gasteiger partial charge in [0.2, 0.25) is 0 Å². The van der Waals surface area contributed by atoms with E-state index in [9.17, 15) is 4.79 Å². The second-order valence-corrected chi connectivity index (χ2v) is 8.57. The van der Waals surface area contributed by atoms with Crippen LogP contribution in [0.4, 0.5) is 0 Å². The summed E-state index contributed by atoms with van der Waals surface area (Å²) in [5.74, 6) is 0.109. The molecule has 2 aliphatic heterocycles. The number of hydrogen-bond donors (Lipinski definition) is 0. The van der Waals surface area contributed by atoms with Gasteiger partial charge in [-0.05, 0) is 57.8 Å². The van der Waals surface area contributed by atoms with Gasteiger partial charge in [0.15, 0.2) is 0 Å². The summed E-state index contributed by atoms with van der Waals surface area (Å²) >= 11 is 0. The summed E-state index contributed by atoms with van der Waals surface area (Å²) in [5.41, 5.74) is 7.02. The van der Waals surface area contributed by atoms with Crippen LogP contribution in [0.2, 0.25) is 0 Å². The molecule has 0 radical (unpaired) electrons. The lowest BCUT2D eigenvalue weighted by atomic mass is 9.95. The number of carbonyl (C=O) groups is 1. The van der Waals surface area contributed by atoms with E-state index in [1.807, 2.05) is 0 Å². The number of carbonyl (C=O) groups excluding carboxylic acids is 1. The molecule has 152 valence electrons. The molecule has 0 saturated carbocycles. The topological polar surface area (TPSA) is 35.9 Å². The highest BCUT2D eigenvalue weighted by atomic mass is 16.2. The van der Waals surface area contributed by atoms with Crippen LogP contribution in [0.3, 0.4) is 0 Å². The summed E-state index contributed by atoms with van der Waals surface area (Å²) in [7, 11) is 0. The molecule has 2 aliphatic rings. The zero-order valence-electron chi connectivity index (χ0n) is 17.8. The standard InChI is InChI=1S/C25H31N3O/c1-18-7-10-21(11-8-18)24-16-23(22-12-9-19(2)15-20(22)3)26-28(24)25(29)17-27-13-5-4-6-14-27/h7-12,15,24H,4-6,13-14,16-17H2,1-3H3/t24-/m1/s1. The third-order valence-corrected chi connectivity index (χ3v) is 6.13. The number of likely N-dealkylation sites (tertiary alicyclic amines) is 1. The fourth-order valence-corrected chi connectivity index (χ4v) is 4.47. The Labute approximate surface area is 174 Å². The van der Waals surface area contributed by atoms with Gasteiger partial charge in [0.1, 0.15) is 0 Å². The number of hydrogen-bond acceptors (Lipinski definition) is 3. The molecule has 4 nitrogen and oxygen atoms in total. The van der Waals surface area contributed by atoms with Crippen molar-refractivity contribution in [2.75, 3.05) is 19.6 Å². The van der Waals surface area contributed by atoms with Crippen molar-refractivity contribution in [3.05, 3.63) is 70.3 Å². The van der Waals surface area contributed by atoms with Crippen LogP contribution in [0.5, 0.6) is 0 Å². The van der Waals surface area contributed by atoms with Gasteiger partial charge in [0, 0.05) is 12.0 Å². The van der Waals surface area contributed by atoms with E-state index in [-0.39, 0.29) is 11.9 Å². The van der Waals surface area contributed by atoms with E-state index >= 15 is 0 Å². The minimum absolute atomic E-state index is 0.0245. The number of aryl methyl sites for hydroxylation is 3. The van der Waals surface area contributed by atoms with E-state index in [4.69, 9.17) is 5.10 Å². The molecule has 0 spiro atoms. The maximum absolute atomic E-state index is 13.3. The molecular formula is C25H31N3O. The summed E-state index contributed by atoms with van der Waals surface area (Å²) in [6.07, 6.45) is 4.41. The molecule has 0 aromatic heterocycles. The van der Waals surface area contributed by atoms with Crippen LogP contribution in [-0.4, -0.2) is 41.2 Å². The van der Waals surface area contributed by atoms with Gasteiger partial charge in [0.25, 0.3) is 5.91 Å². The Morgan fingerprint density at radius 3 is 2.34 bits per heavy atom. The molecule has 29 heavy (non-hydrogen) atoms. The van der Waals surface area contributed by atoms with Crippen LogP contribution in [-0.2, 0) is 4.79 Å². The van der Waals surface area contributed by atoms with Crippen LogP contribution in [0.15, 0.2) is 47.6 Å². The zero-order chi connectivity index (χ0) is 20.4. The Morgan fingerprint density at radius 1 is 0.966 bits per heavy atom. The quantitative estimate of drug-likeness (QED) is 0.755. The van der Waals surface area contributed by atoms with Crippen LogP contribution in [0.1, 0.15) is 59.5 Å². The third kappa shape index (κ3) is 4.43. The molecule has 0 aliphatic carbocycles. The van der Waals surface area contributed by atoms with Crippen LogP contribution in [0.25, 0.3) is 0 Å². The van der Waals surface area contributed by atoms with Crippen molar-refractivity contribution in [2.24, 2.45) is 5.10 Å². The number of rotatable bonds is 4. The lowest BCUT2D eigenvalue weighted by molar-refractivity contribution is -0.134. The highest BCUT2D eigenvalue weighted by molar-refractivity contribution is 6.04. The molecule has 0 unspecified atom stereocenters. The van der Waals surface area contributed by atoms with Crippen molar-refractivity contribution < 1.29 is 4.79 Å². The molecule has 0 N–H and O–H groups in total. The lowest BCUT2D eigenvalue weighted by Crippen LogP contribution is -2.40. The molecule has 1 fully saturated rings. The van der Waals surface area contributed by atoms with Crippen molar-refractivity contribution in [3.63, 3.8) is 0 Å². The van der Waals surface area contributed by atoms with E-state index in [1.54, 1.807) is 5.01 Å². The third-order valence-electron chi connectivity index (χ3n) is 6.13. The minimum atomic E-state index is -0.0245. The smallest absolute Gasteiger partial charge is 0.257 e. The Bertz CT molecular complexity index is 910. The summed E-state index contributed by atoms with van der Waals surface area (Å²) in [6.45, 7) is 8.83. The monoisotopic (exact) mass is 389 g/mol.